The first-order valence-electron chi connectivity index (χ1n) is 5.50. The number of hydrogen-bond acceptors (Lipinski definition) is 1. The molecule has 0 spiro atoms. The number of hydrogen-bond donors (Lipinski definition) is 1. The highest BCUT2D eigenvalue weighted by molar-refractivity contribution is 9.10. The van der Waals surface area contributed by atoms with Gasteiger partial charge in [0.25, 0.3) is 0 Å². The molecule has 18 heavy (non-hydrogen) atoms. The van der Waals surface area contributed by atoms with Crippen LogP contribution in [0.25, 0.3) is 0 Å². The van der Waals surface area contributed by atoms with Crippen LogP contribution in [0, 0.1) is 18.6 Å². The van der Waals surface area contributed by atoms with Crippen LogP contribution < -0.4 is 5.32 Å². The minimum Gasteiger partial charge on any atom is -0.380 e. The molecule has 0 aliphatic rings. The smallest absolute Gasteiger partial charge is 0.126 e. The summed E-state index contributed by atoms with van der Waals surface area (Å²) in [7, 11) is 0. The van der Waals surface area contributed by atoms with Crippen molar-refractivity contribution in [1.82, 2.24) is 0 Å². The summed E-state index contributed by atoms with van der Waals surface area (Å²) in [5.41, 5.74) is 2.08. The van der Waals surface area contributed by atoms with Gasteiger partial charge in [-0.1, -0.05) is 12.1 Å². The fourth-order valence-electron chi connectivity index (χ4n) is 1.58. The first kappa shape index (κ1) is 13.0. The molecule has 0 radical (unpaired) electrons. The summed E-state index contributed by atoms with van der Waals surface area (Å²) in [5, 5.41) is 3.06. The van der Waals surface area contributed by atoms with Crippen LogP contribution in [0.4, 0.5) is 14.5 Å². The number of rotatable bonds is 3. The van der Waals surface area contributed by atoms with E-state index in [2.05, 4.69) is 21.2 Å². The molecule has 0 fully saturated rings. The Balaban J connectivity index is 2.11. The third-order valence-corrected chi connectivity index (χ3v) is 3.34. The maximum absolute atomic E-state index is 13.4. The van der Waals surface area contributed by atoms with E-state index in [9.17, 15) is 8.78 Å². The zero-order valence-corrected chi connectivity index (χ0v) is 11.4. The van der Waals surface area contributed by atoms with Crippen LogP contribution in [0.3, 0.4) is 0 Å². The molecule has 0 bridgehead atoms. The summed E-state index contributed by atoms with van der Waals surface area (Å²) in [6, 6.07) is 9.46. The lowest BCUT2D eigenvalue weighted by Crippen LogP contribution is -2.01. The molecule has 2 aromatic carbocycles. The molecule has 0 aromatic heterocycles. The van der Waals surface area contributed by atoms with Gasteiger partial charge in [-0.05, 0) is 58.2 Å². The molecule has 0 saturated carbocycles. The highest BCUT2D eigenvalue weighted by Crippen LogP contribution is 2.23. The van der Waals surface area contributed by atoms with Crippen molar-refractivity contribution in [2.75, 3.05) is 5.32 Å². The number of anilines is 1. The SMILES string of the molecule is Cc1ccc(CNc2cc(F)ccc2Br)cc1F. The minimum atomic E-state index is -0.309. The predicted octanol–water partition coefficient (Wildman–Crippen LogP) is 4.65. The molecular formula is C14H12BrF2N. The number of benzene rings is 2. The molecule has 4 heteroatoms. The van der Waals surface area contributed by atoms with E-state index in [0.717, 1.165) is 10.0 Å². The molecule has 0 aliphatic carbocycles. The number of aryl methyl sites for hydroxylation is 1. The van der Waals surface area contributed by atoms with Gasteiger partial charge in [-0.15, -0.1) is 0 Å². The van der Waals surface area contributed by atoms with Crippen molar-refractivity contribution in [1.29, 1.82) is 0 Å². The van der Waals surface area contributed by atoms with E-state index in [0.29, 0.717) is 17.8 Å². The highest BCUT2D eigenvalue weighted by atomic mass is 79.9. The fraction of sp³-hybridized carbons (Fsp3) is 0.143. The summed E-state index contributed by atoms with van der Waals surface area (Å²) in [6.07, 6.45) is 0. The van der Waals surface area contributed by atoms with Crippen molar-refractivity contribution in [2.24, 2.45) is 0 Å². The van der Waals surface area contributed by atoms with Gasteiger partial charge in [0.05, 0.1) is 5.69 Å². The molecular weight excluding hydrogens is 300 g/mol. The van der Waals surface area contributed by atoms with Gasteiger partial charge in [-0.2, -0.15) is 0 Å². The third-order valence-electron chi connectivity index (χ3n) is 2.65. The third kappa shape index (κ3) is 3.07. The van der Waals surface area contributed by atoms with E-state index in [1.165, 1.54) is 18.2 Å². The molecule has 0 saturated heterocycles. The zero-order chi connectivity index (χ0) is 13.1. The Hall–Kier alpha value is -1.42. The van der Waals surface area contributed by atoms with E-state index in [4.69, 9.17) is 0 Å². The Kier molecular flexibility index (Phi) is 3.97. The molecule has 0 aliphatic heterocycles. The summed E-state index contributed by atoms with van der Waals surface area (Å²) in [6.45, 7) is 2.16. The van der Waals surface area contributed by atoms with Crippen LogP contribution in [0.15, 0.2) is 40.9 Å². The van der Waals surface area contributed by atoms with Crippen molar-refractivity contribution in [3.05, 3.63) is 63.6 Å². The zero-order valence-electron chi connectivity index (χ0n) is 9.81. The molecule has 0 amide bonds. The van der Waals surface area contributed by atoms with Crippen LogP contribution in [0.2, 0.25) is 0 Å². The minimum absolute atomic E-state index is 0.229. The second kappa shape index (κ2) is 5.48. The van der Waals surface area contributed by atoms with Crippen LogP contribution >= 0.6 is 15.9 Å². The van der Waals surface area contributed by atoms with E-state index < -0.39 is 0 Å². The normalized spacial score (nSPS) is 10.4. The first-order valence-corrected chi connectivity index (χ1v) is 6.29. The maximum Gasteiger partial charge on any atom is 0.126 e. The van der Waals surface area contributed by atoms with E-state index >= 15 is 0 Å². The lowest BCUT2D eigenvalue weighted by Gasteiger charge is -2.09. The fourth-order valence-corrected chi connectivity index (χ4v) is 1.96. The number of nitrogens with one attached hydrogen (secondary N) is 1. The standard InChI is InChI=1S/C14H12BrF2N/c1-9-2-3-10(6-13(9)17)8-18-14-7-11(16)4-5-12(14)15/h2-7,18H,8H2,1H3. The van der Waals surface area contributed by atoms with Gasteiger partial charge in [0.15, 0.2) is 0 Å². The Bertz CT molecular complexity index is 570. The topological polar surface area (TPSA) is 12.0 Å². The van der Waals surface area contributed by atoms with Crippen LogP contribution in [-0.4, -0.2) is 0 Å². The summed E-state index contributed by atoms with van der Waals surface area (Å²) >= 11 is 3.33. The second-order valence-corrected chi connectivity index (χ2v) is 4.92. The Labute approximate surface area is 113 Å². The van der Waals surface area contributed by atoms with Crippen LogP contribution in [0.5, 0.6) is 0 Å². The highest BCUT2D eigenvalue weighted by Gasteiger charge is 2.03. The molecule has 1 nitrogen and oxygen atoms in total. The Morgan fingerprint density at radius 2 is 1.89 bits per heavy atom. The van der Waals surface area contributed by atoms with Crippen molar-refractivity contribution >= 4 is 21.6 Å². The van der Waals surface area contributed by atoms with Gasteiger partial charge in [-0.25, -0.2) is 8.78 Å². The van der Waals surface area contributed by atoms with E-state index in [1.54, 1.807) is 19.1 Å². The molecule has 94 valence electrons. The van der Waals surface area contributed by atoms with Gasteiger partial charge < -0.3 is 5.32 Å². The summed E-state index contributed by atoms with van der Waals surface area (Å²) < 4.78 is 27.2. The van der Waals surface area contributed by atoms with Gasteiger partial charge in [0, 0.05) is 11.0 Å². The van der Waals surface area contributed by atoms with Crippen LogP contribution in [-0.2, 0) is 6.54 Å². The molecule has 0 heterocycles. The van der Waals surface area contributed by atoms with Gasteiger partial charge in [-0.3, -0.25) is 0 Å². The predicted molar refractivity (Wildman–Crippen MR) is 72.6 cm³/mol. The van der Waals surface area contributed by atoms with Crippen molar-refractivity contribution < 1.29 is 8.78 Å². The summed E-state index contributed by atoms with van der Waals surface area (Å²) in [5.74, 6) is -0.539. The van der Waals surface area contributed by atoms with Gasteiger partial charge in [0.2, 0.25) is 0 Å². The molecule has 0 atom stereocenters. The van der Waals surface area contributed by atoms with Gasteiger partial charge in [0.1, 0.15) is 11.6 Å². The molecule has 2 rings (SSSR count). The molecule has 2 aromatic rings. The quantitative estimate of drug-likeness (QED) is 0.870. The van der Waals surface area contributed by atoms with E-state index in [-0.39, 0.29) is 11.6 Å². The Morgan fingerprint density at radius 3 is 2.61 bits per heavy atom. The van der Waals surface area contributed by atoms with Gasteiger partial charge >= 0.3 is 0 Å². The lowest BCUT2D eigenvalue weighted by molar-refractivity contribution is 0.616. The van der Waals surface area contributed by atoms with Crippen LogP contribution in [0.1, 0.15) is 11.1 Å². The number of halogens is 3. The average Bonchev–Trinajstić information content (AvgIpc) is 2.34. The monoisotopic (exact) mass is 311 g/mol. The summed E-state index contributed by atoms with van der Waals surface area (Å²) in [4.78, 5) is 0. The van der Waals surface area contributed by atoms with Crippen molar-refractivity contribution in [3.8, 4) is 0 Å². The first-order chi connectivity index (χ1) is 8.56. The maximum atomic E-state index is 13.4. The second-order valence-electron chi connectivity index (χ2n) is 4.06. The molecule has 1 N–H and O–H groups in total. The lowest BCUT2D eigenvalue weighted by atomic mass is 10.1. The van der Waals surface area contributed by atoms with Crippen molar-refractivity contribution in [3.63, 3.8) is 0 Å². The average molecular weight is 312 g/mol. The van der Waals surface area contributed by atoms with Crippen molar-refractivity contribution in [2.45, 2.75) is 13.5 Å². The Morgan fingerprint density at radius 1 is 1.11 bits per heavy atom. The van der Waals surface area contributed by atoms with E-state index in [1.807, 2.05) is 6.07 Å². The molecule has 0 unspecified atom stereocenters. The largest absolute Gasteiger partial charge is 0.380 e.